The number of para-hydroxylation sites is 1. The van der Waals surface area contributed by atoms with Crippen molar-refractivity contribution >= 4 is 16.7 Å². The SMILES string of the molecule is CCN(CC)c1nc(-c2ccccc2)[n+](-c2ccccc2)s1. The van der Waals surface area contributed by atoms with Gasteiger partial charge in [0.05, 0.1) is 5.56 Å². The normalized spacial score (nSPS) is 10.6. The summed E-state index contributed by atoms with van der Waals surface area (Å²) in [5.41, 5.74) is 2.29. The Kier molecular flexibility index (Phi) is 4.49. The summed E-state index contributed by atoms with van der Waals surface area (Å²) in [5.74, 6) is 0.999. The number of benzene rings is 2. The first-order chi connectivity index (χ1) is 10.8. The van der Waals surface area contributed by atoms with Gasteiger partial charge in [-0.1, -0.05) is 36.4 Å². The molecule has 3 aromatic rings. The van der Waals surface area contributed by atoms with E-state index in [-0.39, 0.29) is 0 Å². The van der Waals surface area contributed by atoms with Crippen molar-refractivity contribution in [2.24, 2.45) is 0 Å². The maximum Gasteiger partial charge on any atom is 0.350 e. The van der Waals surface area contributed by atoms with Crippen LogP contribution in [0.3, 0.4) is 0 Å². The second kappa shape index (κ2) is 6.71. The number of rotatable bonds is 5. The van der Waals surface area contributed by atoms with Crippen LogP contribution in [0.25, 0.3) is 17.1 Å². The standard InChI is InChI=1S/C18H20N3S/c1-3-20(4-2)18-19-17(15-11-7-5-8-12-15)21(22-18)16-13-9-6-10-14-16/h5-14H,3-4H2,1-2H3/q+1. The van der Waals surface area contributed by atoms with Crippen LogP contribution in [0.2, 0.25) is 0 Å². The van der Waals surface area contributed by atoms with Gasteiger partial charge in [0.2, 0.25) is 0 Å². The molecule has 0 radical (unpaired) electrons. The van der Waals surface area contributed by atoms with Gasteiger partial charge in [-0.2, -0.15) is 0 Å². The first-order valence-corrected chi connectivity index (χ1v) is 8.40. The molecule has 0 saturated carbocycles. The highest BCUT2D eigenvalue weighted by Crippen LogP contribution is 2.24. The predicted molar refractivity (Wildman–Crippen MR) is 92.6 cm³/mol. The van der Waals surface area contributed by atoms with Crippen molar-refractivity contribution in [3.05, 3.63) is 60.7 Å². The lowest BCUT2D eigenvalue weighted by atomic mass is 10.2. The molecule has 0 aliphatic rings. The van der Waals surface area contributed by atoms with E-state index >= 15 is 0 Å². The van der Waals surface area contributed by atoms with E-state index in [1.54, 1.807) is 11.5 Å². The van der Waals surface area contributed by atoms with E-state index in [1.807, 2.05) is 12.1 Å². The molecule has 0 unspecified atom stereocenters. The molecule has 3 rings (SSSR count). The predicted octanol–water partition coefficient (Wildman–Crippen LogP) is 3.93. The molecule has 0 fully saturated rings. The van der Waals surface area contributed by atoms with Crippen molar-refractivity contribution in [2.75, 3.05) is 18.0 Å². The Morgan fingerprint density at radius 1 is 0.909 bits per heavy atom. The zero-order chi connectivity index (χ0) is 15.4. The van der Waals surface area contributed by atoms with Gasteiger partial charge in [-0.05, 0) is 43.1 Å². The zero-order valence-corrected chi connectivity index (χ0v) is 13.8. The highest BCUT2D eigenvalue weighted by Gasteiger charge is 2.26. The third-order valence-corrected chi connectivity index (χ3v) is 4.70. The minimum Gasteiger partial charge on any atom is -0.325 e. The molecule has 0 N–H and O–H groups in total. The molecular formula is C18H20N3S+. The Balaban J connectivity index is 2.14. The Labute approximate surface area is 135 Å². The topological polar surface area (TPSA) is 20.0 Å². The molecule has 1 heterocycles. The molecule has 0 saturated heterocycles. The van der Waals surface area contributed by atoms with Crippen LogP contribution < -0.4 is 8.86 Å². The quantitative estimate of drug-likeness (QED) is 0.665. The second-order valence-electron chi connectivity index (χ2n) is 4.98. The molecule has 4 heteroatoms. The van der Waals surface area contributed by atoms with Crippen LogP contribution in [0.1, 0.15) is 13.8 Å². The van der Waals surface area contributed by atoms with E-state index < -0.39 is 0 Å². The van der Waals surface area contributed by atoms with Crippen molar-refractivity contribution in [3.63, 3.8) is 0 Å². The third kappa shape index (κ3) is 2.88. The maximum absolute atomic E-state index is 4.91. The third-order valence-electron chi connectivity index (χ3n) is 3.62. The Morgan fingerprint density at radius 3 is 2.09 bits per heavy atom. The molecule has 22 heavy (non-hydrogen) atoms. The molecular weight excluding hydrogens is 290 g/mol. The van der Waals surface area contributed by atoms with Crippen LogP contribution in [-0.4, -0.2) is 18.1 Å². The molecule has 3 nitrogen and oxygen atoms in total. The number of hydrogen-bond donors (Lipinski definition) is 0. The van der Waals surface area contributed by atoms with Crippen LogP contribution >= 0.6 is 11.5 Å². The van der Waals surface area contributed by atoms with Gasteiger partial charge < -0.3 is 4.90 Å². The molecule has 112 valence electrons. The summed E-state index contributed by atoms with van der Waals surface area (Å²) in [4.78, 5) is 7.19. The molecule has 0 bridgehead atoms. The first kappa shape index (κ1) is 14.7. The average molecular weight is 310 g/mol. The summed E-state index contributed by atoms with van der Waals surface area (Å²) >= 11 is 1.70. The van der Waals surface area contributed by atoms with Crippen molar-refractivity contribution in [1.82, 2.24) is 4.98 Å². The molecule has 1 aromatic heterocycles. The fourth-order valence-electron chi connectivity index (χ4n) is 2.41. The summed E-state index contributed by atoms with van der Waals surface area (Å²) in [6.07, 6.45) is 0. The van der Waals surface area contributed by atoms with E-state index in [1.165, 1.54) is 0 Å². The van der Waals surface area contributed by atoms with Crippen LogP contribution in [0.15, 0.2) is 60.7 Å². The van der Waals surface area contributed by atoms with Gasteiger partial charge in [0, 0.05) is 13.1 Å². The minimum atomic E-state index is 0.965. The maximum atomic E-state index is 4.91. The van der Waals surface area contributed by atoms with Crippen molar-refractivity contribution in [2.45, 2.75) is 13.8 Å². The van der Waals surface area contributed by atoms with Crippen LogP contribution in [0, 0.1) is 0 Å². The second-order valence-corrected chi connectivity index (χ2v) is 5.89. The van der Waals surface area contributed by atoms with Gasteiger partial charge in [-0.3, -0.25) is 0 Å². The fourth-order valence-corrected chi connectivity index (χ4v) is 3.54. The largest absolute Gasteiger partial charge is 0.350 e. The number of hydrogen-bond acceptors (Lipinski definition) is 3. The van der Waals surface area contributed by atoms with Crippen molar-refractivity contribution in [1.29, 1.82) is 0 Å². The molecule has 0 aliphatic heterocycles. The fraction of sp³-hybridized carbons (Fsp3) is 0.222. The summed E-state index contributed by atoms with van der Waals surface area (Å²) in [6, 6.07) is 20.8. The monoisotopic (exact) mass is 310 g/mol. The lowest BCUT2D eigenvalue weighted by molar-refractivity contribution is -0.509. The lowest BCUT2D eigenvalue weighted by Crippen LogP contribution is -2.28. The van der Waals surface area contributed by atoms with E-state index in [4.69, 9.17) is 4.98 Å². The average Bonchev–Trinajstić information content (AvgIpc) is 3.03. The zero-order valence-electron chi connectivity index (χ0n) is 12.9. The Hall–Kier alpha value is -2.20. The van der Waals surface area contributed by atoms with E-state index in [0.29, 0.717) is 0 Å². The summed E-state index contributed by atoms with van der Waals surface area (Å²) in [5, 5.41) is 1.06. The van der Waals surface area contributed by atoms with Gasteiger partial charge >= 0.3 is 11.0 Å². The molecule has 0 atom stereocenters. The van der Waals surface area contributed by atoms with Gasteiger partial charge in [0.1, 0.15) is 17.2 Å². The minimum absolute atomic E-state index is 0.965. The Morgan fingerprint density at radius 2 is 1.50 bits per heavy atom. The van der Waals surface area contributed by atoms with Crippen LogP contribution in [0.4, 0.5) is 5.13 Å². The van der Waals surface area contributed by atoms with Crippen molar-refractivity contribution < 1.29 is 3.96 Å². The highest BCUT2D eigenvalue weighted by atomic mass is 32.1. The van der Waals surface area contributed by atoms with Crippen LogP contribution in [0.5, 0.6) is 0 Å². The molecule has 0 spiro atoms. The van der Waals surface area contributed by atoms with E-state index in [2.05, 4.69) is 71.2 Å². The summed E-state index contributed by atoms with van der Waals surface area (Å²) in [6.45, 7) is 6.26. The molecule has 2 aromatic carbocycles. The number of nitrogens with zero attached hydrogens (tertiary/aromatic N) is 3. The van der Waals surface area contributed by atoms with E-state index in [0.717, 1.165) is 35.3 Å². The van der Waals surface area contributed by atoms with Gasteiger partial charge in [-0.25, -0.2) is 0 Å². The molecule has 0 aliphatic carbocycles. The highest BCUT2D eigenvalue weighted by molar-refractivity contribution is 7.06. The molecule has 0 amide bonds. The van der Waals surface area contributed by atoms with Gasteiger partial charge in [-0.15, -0.1) is 3.96 Å². The van der Waals surface area contributed by atoms with Crippen LogP contribution in [-0.2, 0) is 0 Å². The van der Waals surface area contributed by atoms with Crippen molar-refractivity contribution in [3.8, 4) is 17.1 Å². The first-order valence-electron chi connectivity index (χ1n) is 7.62. The van der Waals surface area contributed by atoms with Gasteiger partial charge in [0.15, 0.2) is 0 Å². The van der Waals surface area contributed by atoms with E-state index in [9.17, 15) is 0 Å². The van der Waals surface area contributed by atoms with Gasteiger partial charge in [0.25, 0.3) is 0 Å². The smallest absolute Gasteiger partial charge is 0.325 e. The summed E-state index contributed by atoms with van der Waals surface area (Å²) in [7, 11) is 0. The summed E-state index contributed by atoms with van der Waals surface area (Å²) < 4.78 is 2.21. The number of anilines is 1. The Bertz CT molecular complexity index is 662. The lowest BCUT2D eigenvalue weighted by Gasteiger charge is -2.11. The number of aromatic nitrogens is 2.